The van der Waals surface area contributed by atoms with E-state index in [0.29, 0.717) is 11.5 Å². The summed E-state index contributed by atoms with van der Waals surface area (Å²) < 4.78 is 37.2. The summed E-state index contributed by atoms with van der Waals surface area (Å²) in [5, 5.41) is 0. The lowest BCUT2D eigenvalue weighted by Crippen LogP contribution is -2.00. The first-order chi connectivity index (χ1) is 10.6. The molecule has 3 nitrogen and oxygen atoms in total. The van der Waals surface area contributed by atoms with Crippen LogP contribution in [0.5, 0.6) is 11.5 Å². The second kappa shape index (κ2) is 6.85. The number of ether oxygens (including phenoxy) is 2. The van der Waals surface area contributed by atoms with Gasteiger partial charge in [0.1, 0.15) is 23.1 Å². The Labute approximate surface area is 126 Å². The summed E-state index contributed by atoms with van der Waals surface area (Å²) in [7, 11) is 2.90. The lowest BCUT2D eigenvalue weighted by Gasteiger charge is -2.08. The van der Waals surface area contributed by atoms with E-state index in [2.05, 4.69) is 0 Å². The SMILES string of the molecule is COc1ccc(OC)c(C(=O)C=Cc2c(F)cccc2F)c1. The number of carbonyl (C=O) groups excluding carboxylic acids is 1. The standard InChI is InChI=1S/C17H14F2O3/c1-21-11-6-9-17(22-2)13(10-11)16(20)8-7-12-14(18)4-3-5-15(12)19/h3-10H,1-2H3. The van der Waals surface area contributed by atoms with Gasteiger partial charge in [0.05, 0.1) is 19.8 Å². The van der Waals surface area contributed by atoms with Gasteiger partial charge >= 0.3 is 0 Å². The van der Waals surface area contributed by atoms with Crippen LogP contribution in [0.15, 0.2) is 42.5 Å². The first kappa shape index (κ1) is 15.7. The van der Waals surface area contributed by atoms with E-state index < -0.39 is 17.4 Å². The minimum Gasteiger partial charge on any atom is -0.497 e. The zero-order chi connectivity index (χ0) is 16.1. The Morgan fingerprint density at radius 1 is 1.05 bits per heavy atom. The predicted octanol–water partition coefficient (Wildman–Crippen LogP) is 3.88. The summed E-state index contributed by atoms with van der Waals surface area (Å²) >= 11 is 0. The molecule has 2 rings (SSSR count). The van der Waals surface area contributed by atoms with E-state index in [1.807, 2.05) is 0 Å². The maximum atomic E-state index is 13.5. The van der Waals surface area contributed by atoms with Crippen molar-refractivity contribution in [3.8, 4) is 11.5 Å². The second-order valence-electron chi connectivity index (χ2n) is 4.40. The van der Waals surface area contributed by atoms with Crippen molar-refractivity contribution in [1.82, 2.24) is 0 Å². The van der Waals surface area contributed by atoms with E-state index in [-0.39, 0.29) is 11.1 Å². The van der Waals surface area contributed by atoms with E-state index in [1.165, 1.54) is 26.4 Å². The Hall–Kier alpha value is -2.69. The maximum absolute atomic E-state index is 13.5. The molecule has 0 atom stereocenters. The molecule has 0 N–H and O–H groups in total. The Kier molecular flexibility index (Phi) is 4.88. The topological polar surface area (TPSA) is 35.5 Å². The smallest absolute Gasteiger partial charge is 0.189 e. The lowest BCUT2D eigenvalue weighted by molar-refractivity contribution is 0.104. The Bertz CT molecular complexity index is 704. The Balaban J connectivity index is 2.35. The molecule has 0 amide bonds. The van der Waals surface area contributed by atoms with Crippen molar-refractivity contribution >= 4 is 11.9 Å². The summed E-state index contributed by atoms with van der Waals surface area (Å²) in [4.78, 5) is 12.2. The molecule has 0 heterocycles. The molecular weight excluding hydrogens is 290 g/mol. The van der Waals surface area contributed by atoms with Crippen LogP contribution in [0, 0.1) is 11.6 Å². The molecule has 114 valence electrons. The van der Waals surface area contributed by atoms with Crippen molar-refractivity contribution in [2.24, 2.45) is 0 Å². The number of hydrogen-bond acceptors (Lipinski definition) is 3. The van der Waals surface area contributed by atoms with Crippen LogP contribution < -0.4 is 9.47 Å². The van der Waals surface area contributed by atoms with Gasteiger partial charge in [0.25, 0.3) is 0 Å². The molecule has 0 saturated carbocycles. The van der Waals surface area contributed by atoms with Crippen LogP contribution in [-0.4, -0.2) is 20.0 Å². The van der Waals surface area contributed by atoms with Gasteiger partial charge < -0.3 is 9.47 Å². The molecule has 0 bridgehead atoms. The van der Waals surface area contributed by atoms with Crippen molar-refractivity contribution in [1.29, 1.82) is 0 Å². The predicted molar refractivity (Wildman–Crippen MR) is 79.3 cm³/mol. The molecule has 2 aromatic rings. The fourth-order valence-electron chi connectivity index (χ4n) is 1.93. The van der Waals surface area contributed by atoms with Gasteiger partial charge in [-0.1, -0.05) is 6.07 Å². The van der Waals surface area contributed by atoms with Crippen LogP contribution in [0.1, 0.15) is 15.9 Å². The highest BCUT2D eigenvalue weighted by atomic mass is 19.1. The van der Waals surface area contributed by atoms with E-state index in [4.69, 9.17) is 9.47 Å². The summed E-state index contributed by atoms with van der Waals surface area (Å²) in [6.07, 6.45) is 2.20. The van der Waals surface area contributed by atoms with Crippen LogP contribution >= 0.6 is 0 Å². The third kappa shape index (κ3) is 3.31. The number of rotatable bonds is 5. The van der Waals surface area contributed by atoms with Crippen molar-refractivity contribution < 1.29 is 23.0 Å². The second-order valence-corrected chi connectivity index (χ2v) is 4.40. The van der Waals surface area contributed by atoms with E-state index in [1.54, 1.807) is 12.1 Å². The molecule has 22 heavy (non-hydrogen) atoms. The fourth-order valence-corrected chi connectivity index (χ4v) is 1.93. The Morgan fingerprint density at radius 2 is 1.73 bits per heavy atom. The quantitative estimate of drug-likeness (QED) is 0.621. The van der Waals surface area contributed by atoms with Crippen LogP contribution in [0.2, 0.25) is 0 Å². The molecule has 0 radical (unpaired) electrons. The van der Waals surface area contributed by atoms with E-state index in [9.17, 15) is 13.6 Å². The van der Waals surface area contributed by atoms with Crippen molar-refractivity contribution in [2.75, 3.05) is 14.2 Å². The van der Waals surface area contributed by atoms with Crippen molar-refractivity contribution in [3.05, 3.63) is 65.2 Å². The van der Waals surface area contributed by atoms with Crippen LogP contribution in [0.25, 0.3) is 6.08 Å². The monoisotopic (exact) mass is 304 g/mol. The van der Waals surface area contributed by atoms with Gasteiger partial charge in [-0.2, -0.15) is 0 Å². The number of carbonyl (C=O) groups is 1. The summed E-state index contributed by atoms with van der Waals surface area (Å²) in [5.74, 6) is -1.08. The molecular formula is C17H14F2O3. The van der Waals surface area contributed by atoms with Crippen LogP contribution in [0.4, 0.5) is 8.78 Å². The van der Waals surface area contributed by atoms with E-state index >= 15 is 0 Å². The highest BCUT2D eigenvalue weighted by Gasteiger charge is 2.12. The van der Waals surface area contributed by atoms with Crippen molar-refractivity contribution in [3.63, 3.8) is 0 Å². The van der Waals surface area contributed by atoms with Crippen LogP contribution in [0.3, 0.4) is 0 Å². The summed E-state index contributed by atoms with van der Waals surface area (Å²) in [6, 6.07) is 8.25. The number of ketones is 1. The summed E-state index contributed by atoms with van der Waals surface area (Å²) in [5.41, 5.74) is -0.0208. The minimum atomic E-state index is -0.735. The normalized spacial score (nSPS) is 10.7. The largest absolute Gasteiger partial charge is 0.497 e. The third-order valence-corrected chi connectivity index (χ3v) is 3.07. The molecule has 0 fully saturated rings. The highest BCUT2D eigenvalue weighted by molar-refractivity contribution is 6.08. The average Bonchev–Trinajstić information content (AvgIpc) is 2.53. The molecule has 2 aromatic carbocycles. The molecule has 5 heteroatoms. The van der Waals surface area contributed by atoms with E-state index in [0.717, 1.165) is 24.3 Å². The minimum absolute atomic E-state index is 0.245. The molecule has 0 aliphatic rings. The Morgan fingerprint density at radius 3 is 2.32 bits per heavy atom. The van der Waals surface area contributed by atoms with Gasteiger partial charge in [0, 0.05) is 5.56 Å². The number of benzene rings is 2. The molecule has 0 aliphatic heterocycles. The van der Waals surface area contributed by atoms with Gasteiger partial charge in [0.15, 0.2) is 5.78 Å². The van der Waals surface area contributed by atoms with Gasteiger partial charge in [-0.15, -0.1) is 0 Å². The zero-order valence-electron chi connectivity index (χ0n) is 12.1. The fraction of sp³-hybridized carbons (Fsp3) is 0.118. The highest BCUT2D eigenvalue weighted by Crippen LogP contribution is 2.25. The zero-order valence-corrected chi connectivity index (χ0v) is 12.1. The molecule has 0 unspecified atom stereocenters. The van der Waals surface area contributed by atoms with Gasteiger partial charge in [-0.25, -0.2) is 8.78 Å². The molecule has 0 spiro atoms. The van der Waals surface area contributed by atoms with Gasteiger partial charge in [-0.05, 0) is 42.5 Å². The maximum Gasteiger partial charge on any atom is 0.189 e. The first-order valence-electron chi connectivity index (χ1n) is 6.45. The number of hydrogen-bond donors (Lipinski definition) is 0. The van der Waals surface area contributed by atoms with Crippen molar-refractivity contribution in [2.45, 2.75) is 0 Å². The summed E-state index contributed by atoms with van der Waals surface area (Å²) in [6.45, 7) is 0. The van der Waals surface area contributed by atoms with Crippen LogP contribution in [-0.2, 0) is 0 Å². The van der Waals surface area contributed by atoms with Gasteiger partial charge in [0.2, 0.25) is 0 Å². The average molecular weight is 304 g/mol. The number of methoxy groups -OCH3 is 2. The number of allylic oxidation sites excluding steroid dienone is 1. The lowest BCUT2D eigenvalue weighted by atomic mass is 10.1. The first-order valence-corrected chi connectivity index (χ1v) is 6.45. The van der Waals surface area contributed by atoms with Gasteiger partial charge in [-0.3, -0.25) is 4.79 Å². The number of halogens is 2. The third-order valence-electron chi connectivity index (χ3n) is 3.07. The molecule has 0 aromatic heterocycles. The molecule has 0 aliphatic carbocycles. The molecule has 0 saturated heterocycles.